The second kappa shape index (κ2) is 10.7. The van der Waals surface area contributed by atoms with Gasteiger partial charge in [-0.05, 0) is 56.9 Å². The molecule has 0 spiro atoms. The summed E-state index contributed by atoms with van der Waals surface area (Å²) in [5, 5.41) is 1.05. The standard InChI is InChI=1S/C28H30N2O6/c1-16(15-36-24-10-7-19-22(31)11-12-29-25(19)18(24)3)6-5-13-35-28(33)21-14-30-26-17(2)23(34-4)9-8-20(26)27(21)32/h7-12,14,16H,5-6,13,15H2,1-4H3,(H,29,31)(H,30,32)/t16-/m0/s1. The van der Waals surface area contributed by atoms with Crippen LogP contribution in [-0.4, -0.2) is 36.3 Å². The summed E-state index contributed by atoms with van der Waals surface area (Å²) in [7, 11) is 1.57. The van der Waals surface area contributed by atoms with Crippen molar-refractivity contribution in [3.63, 3.8) is 0 Å². The molecular formula is C28H30N2O6. The van der Waals surface area contributed by atoms with E-state index < -0.39 is 5.97 Å². The number of nitrogens with one attached hydrogen (secondary N) is 2. The van der Waals surface area contributed by atoms with Crippen LogP contribution in [0.1, 0.15) is 41.3 Å². The minimum absolute atomic E-state index is 0.0201. The fourth-order valence-corrected chi connectivity index (χ4v) is 4.32. The molecule has 0 aliphatic carbocycles. The lowest BCUT2D eigenvalue weighted by Gasteiger charge is -2.15. The Bertz CT molecular complexity index is 1540. The molecule has 4 aromatic rings. The van der Waals surface area contributed by atoms with E-state index in [-0.39, 0.29) is 28.9 Å². The molecule has 0 bridgehead atoms. The molecule has 0 aliphatic rings. The van der Waals surface area contributed by atoms with Crippen molar-refractivity contribution in [2.24, 2.45) is 5.92 Å². The van der Waals surface area contributed by atoms with E-state index in [1.807, 2.05) is 19.9 Å². The van der Waals surface area contributed by atoms with Gasteiger partial charge >= 0.3 is 5.97 Å². The number of carbonyl (C=O) groups excluding carboxylic acids is 1. The number of pyridine rings is 2. The third kappa shape index (κ3) is 4.98. The molecule has 0 unspecified atom stereocenters. The molecule has 0 amide bonds. The SMILES string of the molecule is COc1ccc2c(=O)c(C(=O)OCCC[C@H](C)COc3ccc4c(=O)cc[nH]c4c3C)c[nH]c2c1C. The molecule has 4 rings (SSSR count). The fraction of sp³-hybridized carbons (Fsp3) is 0.321. The monoisotopic (exact) mass is 490 g/mol. The number of hydrogen-bond acceptors (Lipinski definition) is 6. The lowest BCUT2D eigenvalue weighted by molar-refractivity contribution is 0.0490. The van der Waals surface area contributed by atoms with Crippen LogP contribution in [0.3, 0.4) is 0 Å². The Morgan fingerprint density at radius 3 is 2.42 bits per heavy atom. The van der Waals surface area contributed by atoms with E-state index in [0.717, 1.165) is 28.8 Å². The van der Waals surface area contributed by atoms with E-state index in [1.54, 1.807) is 31.5 Å². The van der Waals surface area contributed by atoms with Crippen molar-refractivity contribution >= 4 is 27.8 Å². The number of rotatable bonds is 9. The highest BCUT2D eigenvalue weighted by Crippen LogP contribution is 2.25. The van der Waals surface area contributed by atoms with Crippen molar-refractivity contribution in [1.82, 2.24) is 9.97 Å². The van der Waals surface area contributed by atoms with E-state index in [1.165, 1.54) is 12.3 Å². The van der Waals surface area contributed by atoms with Gasteiger partial charge in [-0.1, -0.05) is 6.92 Å². The van der Waals surface area contributed by atoms with Crippen LogP contribution in [0.25, 0.3) is 21.8 Å². The van der Waals surface area contributed by atoms with Crippen LogP contribution in [0.2, 0.25) is 0 Å². The minimum atomic E-state index is -0.642. The number of carbonyl (C=O) groups is 1. The summed E-state index contributed by atoms with van der Waals surface area (Å²) in [5.74, 6) is 0.968. The second-order valence-corrected chi connectivity index (χ2v) is 8.99. The first kappa shape index (κ1) is 25.0. The third-order valence-corrected chi connectivity index (χ3v) is 6.45. The molecule has 0 radical (unpaired) electrons. The number of H-pyrrole nitrogens is 2. The Labute approximate surface area is 208 Å². The predicted octanol–water partition coefficient (Wildman–Crippen LogP) is 4.65. The van der Waals surface area contributed by atoms with Gasteiger partial charge in [0, 0.05) is 40.4 Å². The largest absolute Gasteiger partial charge is 0.496 e. The number of benzene rings is 2. The Morgan fingerprint density at radius 2 is 1.64 bits per heavy atom. The van der Waals surface area contributed by atoms with Crippen molar-refractivity contribution in [2.75, 3.05) is 20.3 Å². The van der Waals surface area contributed by atoms with E-state index in [2.05, 4.69) is 16.9 Å². The topological polar surface area (TPSA) is 110 Å². The van der Waals surface area contributed by atoms with Crippen LogP contribution in [0.5, 0.6) is 11.5 Å². The fourth-order valence-electron chi connectivity index (χ4n) is 4.32. The van der Waals surface area contributed by atoms with Gasteiger partial charge < -0.3 is 24.2 Å². The van der Waals surface area contributed by atoms with E-state index >= 15 is 0 Å². The van der Waals surface area contributed by atoms with Gasteiger partial charge in [0.25, 0.3) is 0 Å². The average molecular weight is 491 g/mol. The quantitative estimate of drug-likeness (QED) is 0.261. The second-order valence-electron chi connectivity index (χ2n) is 8.99. The zero-order valence-corrected chi connectivity index (χ0v) is 20.9. The van der Waals surface area contributed by atoms with Crippen LogP contribution < -0.4 is 20.3 Å². The van der Waals surface area contributed by atoms with Gasteiger partial charge in [0.1, 0.15) is 17.1 Å². The smallest absolute Gasteiger partial charge is 0.343 e. The maximum absolute atomic E-state index is 12.8. The molecule has 0 saturated carbocycles. The van der Waals surface area contributed by atoms with Gasteiger partial charge in [-0.3, -0.25) is 9.59 Å². The number of hydrogen-bond donors (Lipinski definition) is 2. The summed E-state index contributed by atoms with van der Waals surface area (Å²) >= 11 is 0. The highest BCUT2D eigenvalue weighted by atomic mass is 16.5. The first-order valence-corrected chi connectivity index (χ1v) is 11.9. The van der Waals surface area contributed by atoms with E-state index in [9.17, 15) is 14.4 Å². The maximum Gasteiger partial charge on any atom is 0.343 e. The molecular weight excluding hydrogens is 460 g/mol. The first-order chi connectivity index (χ1) is 17.3. The zero-order valence-electron chi connectivity index (χ0n) is 20.9. The molecule has 36 heavy (non-hydrogen) atoms. The minimum Gasteiger partial charge on any atom is -0.496 e. The number of aromatic amines is 2. The van der Waals surface area contributed by atoms with Crippen molar-refractivity contribution in [1.29, 1.82) is 0 Å². The van der Waals surface area contributed by atoms with Crippen molar-refractivity contribution < 1.29 is 19.0 Å². The predicted molar refractivity (Wildman–Crippen MR) is 139 cm³/mol. The van der Waals surface area contributed by atoms with Crippen LogP contribution >= 0.6 is 0 Å². The number of aryl methyl sites for hydroxylation is 2. The van der Waals surface area contributed by atoms with Crippen LogP contribution in [-0.2, 0) is 4.74 Å². The highest BCUT2D eigenvalue weighted by molar-refractivity contribution is 5.94. The number of methoxy groups -OCH3 is 1. The summed E-state index contributed by atoms with van der Waals surface area (Å²) in [5.41, 5.74) is 2.69. The molecule has 188 valence electrons. The number of aromatic nitrogens is 2. The van der Waals surface area contributed by atoms with Gasteiger partial charge in [-0.15, -0.1) is 0 Å². The maximum atomic E-state index is 12.8. The molecule has 8 nitrogen and oxygen atoms in total. The Morgan fingerprint density at radius 1 is 0.944 bits per heavy atom. The summed E-state index contributed by atoms with van der Waals surface area (Å²) < 4.78 is 16.6. The normalized spacial score (nSPS) is 12.0. The van der Waals surface area contributed by atoms with Gasteiger partial charge in [0.15, 0.2) is 5.43 Å². The Balaban J connectivity index is 1.29. The molecule has 2 aromatic heterocycles. The molecule has 1 atom stereocenters. The van der Waals surface area contributed by atoms with Crippen LogP contribution in [0.15, 0.2) is 52.3 Å². The molecule has 0 fully saturated rings. The molecule has 2 N–H and O–H groups in total. The van der Waals surface area contributed by atoms with E-state index in [0.29, 0.717) is 35.1 Å². The van der Waals surface area contributed by atoms with Crippen LogP contribution in [0.4, 0.5) is 0 Å². The summed E-state index contributed by atoms with van der Waals surface area (Å²) in [4.78, 5) is 43.5. The summed E-state index contributed by atoms with van der Waals surface area (Å²) in [6.45, 7) is 6.53. The zero-order chi connectivity index (χ0) is 25.8. The molecule has 8 heteroatoms. The lowest BCUT2D eigenvalue weighted by Crippen LogP contribution is -2.19. The van der Waals surface area contributed by atoms with Crippen LogP contribution in [0, 0.1) is 19.8 Å². The number of ether oxygens (including phenoxy) is 3. The highest BCUT2D eigenvalue weighted by Gasteiger charge is 2.17. The number of esters is 1. The third-order valence-electron chi connectivity index (χ3n) is 6.45. The molecule has 2 heterocycles. The number of fused-ring (bicyclic) bond motifs is 2. The van der Waals surface area contributed by atoms with Gasteiger partial charge in [-0.25, -0.2) is 4.79 Å². The summed E-state index contributed by atoms with van der Waals surface area (Å²) in [6.07, 6.45) is 4.45. The Kier molecular flexibility index (Phi) is 7.43. The van der Waals surface area contributed by atoms with Gasteiger partial charge in [0.2, 0.25) is 5.43 Å². The van der Waals surface area contributed by atoms with Crippen molar-refractivity contribution in [3.05, 3.63) is 79.9 Å². The first-order valence-electron chi connectivity index (χ1n) is 11.9. The van der Waals surface area contributed by atoms with Gasteiger partial charge in [-0.2, -0.15) is 0 Å². The molecule has 0 aliphatic heterocycles. The van der Waals surface area contributed by atoms with E-state index in [4.69, 9.17) is 14.2 Å². The molecule has 0 saturated heterocycles. The average Bonchev–Trinajstić information content (AvgIpc) is 2.87. The summed E-state index contributed by atoms with van der Waals surface area (Å²) in [6, 6.07) is 8.45. The lowest BCUT2D eigenvalue weighted by atomic mass is 10.1. The molecule has 2 aromatic carbocycles. The Hall–Kier alpha value is -4.07. The van der Waals surface area contributed by atoms with Crippen molar-refractivity contribution in [2.45, 2.75) is 33.6 Å². The van der Waals surface area contributed by atoms with Crippen molar-refractivity contribution in [3.8, 4) is 11.5 Å². The van der Waals surface area contributed by atoms with Gasteiger partial charge in [0.05, 0.1) is 31.4 Å².